The molecule has 0 aliphatic heterocycles. The summed E-state index contributed by atoms with van der Waals surface area (Å²) < 4.78 is 26.5. The Morgan fingerprint density at radius 1 is 1.19 bits per heavy atom. The molecule has 0 saturated heterocycles. The van der Waals surface area contributed by atoms with Crippen LogP contribution < -0.4 is 0 Å². The minimum Gasteiger partial charge on any atom is -0.481 e. The van der Waals surface area contributed by atoms with Gasteiger partial charge in [-0.3, -0.25) is 4.79 Å². The molecule has 1 aromatic rings. The standard InChI is InChI=1S/C15H21NO4S/c1-11-7-9-12(10-8-11)21(19,20)16(2)14-6-4-3-5-13(14)15(17)18/h7-10,13-14H,3-6H2,1-2H3,(H,17,18)/t13-,14?/m1/s1. The van der Waals surface area contributed by atoms with Crippen molar-refractivity contribution in [1.29, 1.82) is 0 Å². The SMILES string of the molecule is Cc1ccc(S(=O)(=O)N(C)C2CCCC[C@H]2C(=O)O)cc1. The summed E-state index contributed by atoms with van der Waals surface area (Å²) in [6, 6.07) is 6.16. The number of carboxylic acid groups (broad SMARTS) is 1. The van der Waals surface area contributed by atoms with Crippen LogP contribution in [-0.2, 0) is 14.8 Å². The zero-order chi connectivity index (χ0) is 15.6. The summed E-state index contributed by atoms with van der Waals surface area (Å²) in [6.45, 7) is 1.89. The van der Waals surface area contributed by atoms with E-state index >= 15 is 0 Å². The smallest absolute Gasteiger partial charge is 0.308 e. The van der Waals surface area contributed by atoms with Gasteiger partial charge in [0.2, 0.25) is 10.0 Å². The number of rotatable bonds is 4. The summed E-state index contributed by atoms with van der Waals surface area (Å²) in [4.78, 5) is 11.6. The van der Waals surface area contributed by atoms with Crippen molar-refractivity contribution in [2.24, 2.45) is 5.92 Å². The number of carboxylic acids is 1. The summed E-state index contributed by atoms with van der Waals surface area (Å²) >= 11 is 0. The zero-order valence-corrected chi connectivity index (χ0v) is 13.1. The maximum absolute atomic E-state index is 12.6. The van der Waals surface area contributed by atoms with Gasteiger partial charge in [0.1, 0.15) is 0 Å². The van der Waals surface area contributed by atoms with Gasteiger partial charge in [0.05, 0.1) is 10.8 Å². The molecule has 1 unspecified atom stereocenters. The lowest BCUT2D eigenvalue weighted by molar-refractivity contribution is -0.144. The van der Waals surface area contributed by atoms with Crippen molar-refractivity contribution in [1.82, 2.24) is 4.31 Å². The van der Waals surface area contributed by atoms with Crippen molar-refractivity contribution in [3.8, 4) is 0 Å². The van der Waals surface area contributed by atoms with Crippen LogP contribution in [0.15, 0.2) is 29.2 Å². The average molecular weight is 311 g/mol. The second kappa shape index (κ2) is 6.15. The molecule has 0 heterocycles. The minimum atomic E-state index is -3.65. The molecule has 1 saturated carbocycles. The molecule has 1 aliphatic carbocycles. The highest BCUT2D eigenvalue weighted by atomic mass is 32.2. The number of hydrogen-bond donors (Lipinski definition) is 1. The Balaban J connectivity index is 2.30. The van der Waals surface area contributed by atoms with Gasteiger partial charge >= 0.3 is 5.97 Å². The summed E-state index contributed by atoms with van der Waals surface area (Å²) in [6.07, 6.45) is 2.83. The fourth-order valence-electron chi connectivity index (χ4n) is 2.89. The quantitative estimate of drug-likeness (QED) is 0.925. The van der Waals surface area contributed by atoms with Crippen molar-refractivity contribution in [3.05, 3.63) is 29.8 Å². The van der Waals surface area contributed by atoms with Crippen LogP contribution in [0.3, 0.4) is 0 Å². The summed E-state index contributed by atoms with van der Waals surface area (Å²) in [7, 11) is -2.16. The third-order valence-corrected chi connectivity index (χ3v) is 6.11. The second-order valence-corrected chi connectivity index (χ2v) is 7.63. The summed E-state index contributed by atoms with van der Waals surface area (Å²) in [5.74, 6) is -1.53. The molecule has 0 radical (unpaired) electrons. The van der Waals surface area contributed by atoms with Crippen molar-refractivity contribution in [2.75, 3.05) is 7.05 Å². The second-order valence-electron chi connectivity index (χ2n) is 5.63. The molecule has 1 aromatic carbocycles. The van der Waals surface area contributed by atoms with Crippen LogP contribution >= 0.6 is 0 Å². The van der Waals surface area contributed by atoms with Crippen LogP contribution in [0.5, 0.6) is 0 Å². The number of sulfonamides is 1. The Bertz CT molecular complexity index is 609. The lowest BCUT2D eigenvalue weighted by Crippen LogP contribution is -2.46. The summed E-state index contributed by atoms with van der Waals surface area (Å²) in [5, 5.41) is 9.31. The van der Waals surface area contributed by atoms with E-state index in [1.165, 1.54) is 11.4 Å². The van der Waals surface area contributed by atoms with Crippen LogP contribution in [0.2, 0.25) is 0 Å². The van der Waals surface area contributed by atoms with E-state index in [4.69, 9.17) is 0 Å². The van der Waals surface area contributed by atoms with Crippen LogP contribution in [0.1, 0.15) is 31.2 Å². The first kappa shape index (κ1) is 16.0. The van der Waals surface area contributed by atoms with Gasteiger partial charge in [-0.1, -0.05) is 30.5 Å². The van der Waals surface area contributed by atoms with Gasteiger partial charge in [0.25, 0.3) is 0 Å². The van der Waals surface area contributed by atoms with Crippen molar-refractivity contribution in [2.45, 2.75) is 43.5 Å². The highest BCUT2D eigenvalue weighted by Gasteiger charge is 2.38. The van der Waals surface area contributed by atoms with E-state index in [-0.39, 0.29) is 4.90 Å². The molecule has 6 heteroatoms. The molecule has 1 aliphatic rings. The van der Waals surface area contributed by atoms with Gasteiger partial charge in [-0.25, -0.2) is 8.42 Å². The van der Waals surface area contributed by atoms with E-state index in [0.29, 0.717) is 12.8 Å². The average Bonchev–Trinajstić information content (AvgIpc) is 2.46. The Morgan fingerprint density at radius 2 is 1.76 bits per heavy atom. The van der Waals surface area contributed by atoms with Gasteiger partial charge in [-0.05, 0) is 31.9 Å². The van der Waals surface area contributed by atoms with Crippen LogP contribution in [0, 0.1) is 12.8 Å². The molecule has 0 amide bonds. The Morgan fingerprint density at radius 3 is 2.33 bits per heavy atom. The molecule has 1 fully saturated rings. The third-order valence-electron chi connectivity index (χ3n) is 4.21. The van der Waals surface area contributed by atoms with Crippen LogP contribution in [0.25, 0.3) is 0 Å². The molecule has 5 nitrogen and oxygen atoms in total. The normalized spacial score (nSPS) is 23.2. The van der Waals surface area contributed by atoms with E-state index in [1.807, 2.05) is 6.92 Å². The van der Waals surface area contributed by atoms with Gasteiger partial charge in [0.15, 0.2) is 0 Å². The monoisotopic (exact) mass is 311 g/mol. The number of benzene rings is 1. The molecule has 1 N–H and O–H groups in total. The van der Waals surface area contributed by atoms with Crippen molar-refractivity contribution >= 4 is 16.0 Å². The van der Waals surface area contributed by atoms with Crippen molar-refractivity contribution in [3.63, 3.8) is 0 Å². The fourth-order valence-corrected chi connectivity index (χ4v) is 4.31. The van der Waals surface area contributed by atoms with E-state index < -0.39 is 28.0 Å². The van der Waals surface area contributed by atoms with E-state index in [1.54, 1.807) is 24.3 Å². The molecule has 116 valence electrons. The van der Waals surface area contributed by atoms with Crippen LogP contribution in [-0.4, -0.2) is 36.9 Å². The minimum absolute atomic E-state index is 0.213. The van der Waals surface area contributed by atoms with E-state index in [0.717, 1.165) is 18.4 Å². The first-order valence-corrected chi connectivity index (χ1v) is 8.55. The highest BCUT2D eigenvalue weighted by molar-refractivity contribution is 7.89. The number of nitrogens with zero attached hydrogens (tertiary/aromatic N) is 1. The Labute approximate surface area is 125 Å². The predicted octanol–water partition coefficient (Wildman–Crippen LogP) is 2.26. The molecule has 2 rings (SSSR count). The maximum Gasteiger partial charge on any atom is 0.308 e. The lowest BCUT2D eigenvalue weighted by atomic mass is 9.85. The highest BCUT2D eigenvalue weighted by Crippen LogP contribution is 2.31. The summed E-state index contributed by atoms with van der Waals surface area (Å²) in [5.41, 5.74) is 0.984. The van der Waals surface area contributed by atoms with E-state index in [9.17, 15) is 18.3 Å². The number of aryl methyl sites for hydroxylation is 1. The molecular weight excluding hydrogens is 290 g/mol. The molecular formula is C15H21NO4S. The maximum atomic E-state index is 12.6. The molecule has 2 atom stereocenters. The molecule has 0 bridgehead atoms. The topological polar surface area (TPSA) is 74.7 Å². The third kappa shape index (κ3) is 3.27. The predicted molar refractivity (Wildman–Crippen MR) is 79.5 cm³/mol. The first-order valence-electron chi connectivity index (χ1n) is 7.11. The molecule has 0 spiro atoms. The number of carbonyl (C=O) groups is 1. The van der Waals surface area contributed by atoms with Gasteiger partial charge in [-0.2, -0.15) is 4.31 Å². The van der Waals surface area contributed by atoms with Gasteiger partial charge < -0.3 is 5.11 Å². The Hall–Kier alpha value is -1.40. The zero-order valence-electron chi connectivity index (χ0n) is 12.3. The van der Waals surface area contributed by atoms with Gasteiger partial charge in [0, 0.05) is 13.1 Å². The Kier molecular flexibility index (Phi) is 4.68. The first-order chi connectivity index (χ1) is 9.84. The molecule has 0 aromatic heterocycles. The van der Waals surface area contributed by atoms with Gasteiger partial charge in [-0.15, -0.1) is 0 Å². The fraction of sp³-hybridized carbons (Fsp3) is 0.533. The van der Waals surface area contributed by atoms with Crippen molar-refractivity contribution < 1.29 is 18.3 Å². The molecule has 21 heavy (non-hydrogen) atoms. The number of aliphatic carboxylic acids is 1. The lowest BCUT2D eigenvalue weighted by Gasteiger charge is -2.35. The van der Waals surface area contributed by atoms with Crippen LogP contribution in [0.4, 0.5) is 0 Å². The van der Waals surface area contributed by atoms with E-state index in [2.05, 4.69) is 0 Å². The largest absolute Gasteiger partial charge is 0.481 e. The number of hydrogen-bond acceptors (Lipinski definition) is 3.